The van der Waals surface area contributed by atoms with Gasteiger partial charge in [0.15, 0.2) is 0 Å². The molecule has 0 saturated heterocycles. The first-order valence-corrected chi connectivity index (χ1v) is 8.36. The van der Waals surface area contributed by atoms with Crippen LogP contribution in [0.3, 0.4) is 0 Å². The van der Waals surface area contributed by atoms with Gasteiger partial charge in [0.1, 0.15) is 18.0 Å². The van der Waals surface area contributed by atoms with Crippen LogP contribution in [0.25, 0.3) is 0 Å². The molecule has 0 aliphatic rings. The molecule has 6 nitrogen and oxygen atoms in total. The normalized spacial score (nSPS) is 10.3. The fourth-order valence-corrected chi connectivity index (χ4v) is 2.54. The second kappa shape index (κ2) is 8.14. The van der Waals surface area contributed by atoms with Crippen LogP contribution in [0.2, 0.25) is 0 Å². The summed E-state index contributed by atoms with van der Waals surface area (Å²) in [5.74, 6) is 0.216. The highest BCUT2D eigenvalue weighted by Gasteiger charge is 2.16. The lowest BCUT2D eigenvalue weighted by molar-refractivity contribution is -0.384. The predicted molar refractivity (Wildman–Crippen MR) is 103 cm³/mol. The number of nitro groups is 1. The highest BCUT2D eigenvalue weighted by atomic mass is 16.6. The van der Waals surface area contributed by atoms with Crippen LogP contribution in [0.15, 0.2) is 72.8 Å². The fourth-order valence-electron chi connectivity index (χ4n) is 2.54. The Kier molecular flexibility index (Phi) is 5.47. The van der Waals surface area contributed by atoms with E-state index in [9.17, 15) is 14.9 Å². The summed E-state index contributed by atoms with van der Waals surface area (Å²) in [5.41, 5.74) is 2.22. The smallest absolute Gasteiger partial charge is 0.293 e. The minimum atomic E-state index is -0.511. The molecular formula is C21H18N2O4. The monoisotopic (exact) mass is 362 g/mol. The number of amides is 1. The number of anilines is 1. The molecule has 136 valence electrons. The van der Waals surface area contributed by atoms with Crippen molar-refractivity contribution in [1.82, 2.24) is 0 Å². The highest BCUT2D eigenvalue weighted by molar-refractivity contribution is 6.05. The van der Waals surface area contributed by atoms with E-state index in [2.05, 4.69) is 5.32 Å². The molecule has 6 heteroatoms. The average molecular weight is 362 g/mol. The van der Waals surface area contributed by atoms with Gasteiger partial charge in [-0.15, -0.1) is 0 Å². The van der Waals surface area contributed by atoms with Gasteiger partial charge in [0, 0.05) is 11.6 Å². The van der Waals surface area contributed by atoms with E-state index < -0.39 is 10.8 Å². The molecule has 0 atom stereocenters. The van der Waals surface area contributed by atoms with E-state index >= 15 is 0 Å². The third-order valence-electron chi connectivity index (χ3n) is 3.96. The third-order valence-corrected chi connectivity index (χ3v) is 3.96. The molecule has 3 rings (SSSR count). The quantitative estimate of drug-likeness (QED) is 0.507. The Labute approximate surface area is 156 Å². The lowest BCUT2D eigenvalue weighted by Gasteiger charge is -2.09. The number of nitrogens with one attached hydrogen (secondary N) is 1. The van der Waals surface area contributed by atoms with E-state index in [1.54, 1.807) is 37.3 Å². The summed E-state index contributed by atoms with van der Waals surface area (Å²) >= 11 is 0. The number of aryl methyl sites for hydroxylation is 1. The fraction of sp³-hybridized carbons (Fsp3) is 0.0952. The predicted octanol–water partition coefficient (Wildman–Crippen LogP) is 4.73. The number of carbonyl (C=O) groups excluding carboxylic acids is 1. The third kappa shape index (κ3) is 4.70. The van der Waals surface area contributed by atoms with Crippen molar-refractivity contribution in [2.24, 2.45) is 0 Å². The largest absolute Gasteiger partial charge is 0.489 e. The number of benzene rings is 3. The molecular weight excluding hydrogens is 344 g/mol. The zero-order valence-electron chi connectivity index (χ0n) is 14.7. The van der Waals surface area contributed by atoms with Crippen molar-refractivity contribution in [3.63, 3.8) is 0 Å². The maximum Gasteiger partial charge on any atom is 0.293 e. The molecule has 1 amide bonds. The van der Waals surface area contributed by atoms with E-state index in [0.29, 0.717) is 17.9 Å². The van der Waals surface area contributed by atoms with Gasteiger partial charge >= 0.3 is 0 Å². The van der Waals surface area contributed by atoms with Crippen molar-refractivity contribution in [2.45, 2.75) is 13.5 Å². The first-order chi connectivity index (χ1) is 13.0. The van der Waals surface area contributed by atoms with E-state index in [-0.39, 0.29) is 11.4 Å². The Bertz CT molecular complexity index is 954. The molecule has 0 radical (unpaired) electrons. The molecule has 3 aromatic rings. The Morgan fingerprint density at radius 2 is 1.74 bits per heavy atom. The van der Waals surface area contributed by atoms with Crippen LogP contribution in [0.4, 0.5) is 11.4 Å². The summed E-state index contributed by atoms with van der Waals surface area (Å²) in [4.78, 5) is 23.0. The van der Waals surface area contributed by atoms with Gasteiger partial charge in [-0.25, -0.2) is 0 Å². The van der Waals surface area contributed by atoms with E-state index in [1.807, 2.05) is 30.3 Å². The number of hydrogen-bond donors (Lipinski definition) is 1. The zero-order chi connectivity index (χ0) is 19.2. The van der Waals surface area contributed by atoms with E-state index in [1.165, 1.54) is 12.1 Å². The molecule has 0 bridgehead atoms. The number of rotatable bonds is 6. The van der Waals surface area contributed by atoms with Gasteiger partial charge in [0.25, 0.3) is 11.6 Å². The summed E-state index contributed by atoms with van der Waals surface area (Å²) in [6.07, 6.45) is 0. The Morgan fingerprint density at radius 1 is 1.04 bits per heavy atom. The van der Waals surface area contributed by atoms with Gasteiger partial charge < -0.3 is 10.1 Å². The zero-order valence-corrected chi connectivity index (χ0v) is 14.7. The molecule has 0 saturated carbocycles. The van der Waals surface area contributed by atoms with Gasteiger partial charge in [0.05, 0.1) is 4.92 Å². The average Bonchev–Trinajstić information content (AvgIpc) is 2.68. The molecule has 0 aliphatic carbocycles. The van der Waals surface area contributed by atoms with Crippen LogP contribution < -0.4 is 10.1 Å². The Morgan fingerprint density at radius 3 is 2.41 bits per heavy atom. The van der Waals surface area contributed by atoms with E-state index in [0.717, 1.165) is 11.1 Å². The van der Waals surface area contributed by atoms with Crippen molar-refractivity contribution in [3.8, 4) is 5.75 Å². The van der Waals surface area contributed by atoms with Crippen LogP contribution in [-0.4, -0.2) is 10.8 Å². The summed E-state index contributed by atoms with van der Waals surface area (Å²) in [7, 11) is 0. The van der Waals surface area contributed by atoms with Crippen molar-refractivity contribution in [1.29, 1.82) is 0 Å². The summed E-state index contributed by atoms with van der Waals surface area (Å²) in [5, 5.41) is 13.8. The maximum atomic E-state index is 12.4. The van der Waals surface area contributed by atoms with Gasteiger partial charge in [-0.2, -0.15) is 0 Å². The number of hydrogen-bond acceptors (Lipinski definition) is 4. The minimum Gasteiger partial charge on any atom is -0.489 e. The van der Waals surface area contributed by atoms with Gasteiger partial charge in [0.2, 0.25) is 0 Å². The standard InChI is InChI=1S/C21H18N2O4/c1-15-7-12-19(20(13-15)23(25)26)22-21(24)17-8-10-18(11-9-17)27-14-16-5-3-2-4-6-16/h2-13H,14H2,1H3,(H,22,24). The van der Waals surface area contributed by atoms with Gasteiger partial charge in [-0.05, 0) is 48.4 Å². The van der Waals surface area contributed by atoms with Crippen LogP contribution in [0.5, 0.6) is 5.75 Å². The second-order valence-corrected chi connectivity index (χ2v) is 6.03. The van der Waals surface area contributed by atoms with Crippen molar-refractivity contribution in [2.75, 3.05) is 5.32 Å². The van der Waals surface area contributed by atoms with Gasteiger partial charge in [-0.3, -0.25) is 14.9 Å². The lowest BCUT2D eigenvalue weighted by atomic mass is 10.1. The van der Waals surface area contributed by atoms with Crippen molar-refractivity contribution in [3.05, 3.63) is 99.6 Å². The number of ether oxygens (including phenoxy) is 1. The van der Waals surface area contributed by atoms with Crippen LogP contribution in [0.1, 0.15) is 21.5 Å². The van der Waals surface area contributed by atoms with Crippen LogP contribution in [-0.2, 0) is 6.61 Å². The molecule has 3 aromatic carbocycles. The molecule has 0 fully saturated rings. The lowest BCUT2D eigenvalue weighted by Crippen LogP contribution is -2.13. The molecule has 27 heavy (non-hydrogen) atoms. The SMILES string of the molecule is Cc1ccc(NC(=O)c2ccc(OCc3ccccc3)cc2)c([N+](=O)[O-])c1. The second-order valence-electron chi connectivity index (χ2n) is 6.03. The van der Waals surface area contributed by atoms with Crippen LogP contribution in [0, 0.1) is 17.0 Å². The molecule has 0 aromatic heterocycles. The van der Waals surface area contributed by atoms with E-state index in [4.69, 9.17) is 4.74 Å². The van der Waals surface area contributed by atoms with Gasteiger partial charge in [-0.1, -0.05) is 36.4 Å². The summed E-state index contributed by atoms with van der Waals surface area (Å²) in [6, 6.07) is 21.1. The molecule has 0 spiro atoms. The minimum absolute atomic E-state index is 0.133. The Balaban J connectivity index is 1.67. The molecule has 0 aliphatic heterocycles. The van der Waals surface area contributed by atoms with Crippen LogP contribution >= 0.6 is 0 Å². The molecule has 0 unspecified atom stereocenters. The number of nitrogens with zero attached hydrogens (tertiary/aromatic N) is 1. The van der Waals surface area contributed by atoms with Crippen molar-refractivity contribution < 1.29 is 14.5 Å². The first kappa shape index (κ1) is 18.1. The summed E-state index contributed by atoms with van der Waals surface area (Å²) < 4.78 is 5.69. The molecule has 1 N–H and O–H groups in total. The molecule has 0 heterocycles. The maximum absolute atomic E-state index is 12.4. The number of carbonyl (C=O) groups is 1. The first-order valence-electron chi connectivity index (χ1n) is 8.36. The topological polar surface area (TPSA) is 81.5 Å². The highest BCUT2D eigenvalue weighted by Crippen LogP contribution is 2.26. The number of nitro benzene ring substituents is 1. The Hall–Kier alpha value is -3.67. The van der Waals surface area contributed by atoms with Crippen molar-refractivity contribution >= 4 is 17.3 Å². The summed E-state index contributed by atoms with van der Waals surface area (Å²) in [6.45, 7) is 2.19.